The molecule has 1 amide bonds. The van der Waals surface area contributed by atoms with Gasteiger partial charge in [-0.05, 0) is 18.6 Å². The third kappa shape index (κ3) is 3.64. The van der Waals surface area contributed by atoms with Gasteiger partial charge in [0.25, 0.3) is 0 Å². The molecule has 1 aromatic carbocycles. The zero-order valence-corrected chi connectivity index (χ0v) is 10.7. The van der Waals surface area contributed by atoms with Crippen molar-refractivity contribution in [3.8, 4) is 5.69 Å². The lowest BCUT2D eigenvalue weighted by Crippen LogP contribution is -2.14. The Morgan fingerprint density at radius 2 is 2.05 bits per heavy atom. The number of carbonyl (C=O) groups is 2. The van der Waals surface area contributed by atoms with Crippen molar-refractivity contribution in [2.75, 3.05) is 5.32 Å². The van der Waals surface area contributed by atoms with E-state index < -0.39 is 5.97 Å². The Bertz CT molecular complexity index is 595. The summed E-state index contributed by atoms with van der Waals surface area (Å²) in [5.41, 5.74) is 1.31. The maximum Gasteiger partial charge on any atom is 0.303 e. The summed E-state index contributed by atoms with van der Waals surface area (Å²) in [5.74, 6) is -1.13. The van der Waals surface area contributed by atoms with Gasteiger partial charge in [-0.2, -0.15) is 0 Å². The van der Waals surface area contributed by atoms with Gasteiger partial charge in [-0.15, -0.1) is 5.10 Å². The predicted molar refractivity (Wildman–Crippen MR) is 71.5 cm³/mol. The number of hydrogen-bond acceptors (Lipinski definition) is 4. The number of carboxylic acid groups (broad SMARTS) is 1. The molecule has 0 radical (unpaired) electrons. The van der Waals surface area contributed by atoms with Crippen LogP contribution in [0.3, 0.4) is 0 Å². The van der Waals surface area contributed by atoms with Crippen LogP contribution in [0.4, 0.5) is 5.69 Å². The number of amides is 1. The molecule has 20 heavy (non-hydrogen) atoms. The Labute approximate surface area is 115 Å². The Morgan fingerprint density at radius 3 is 2.75 bits per heavy atom. The van der Waals surface area contributed by atoms with Crippen LogP contribution in [0.1, 0.15) is 19.3 Å². The number of benzene rings is 1. The van der Waals surface area contributed by atoms with Crippen LogP contribution in [-0.2, 0) is 9.59 Å². The van der Waals surface area contributed by atoms with Gasteiger partial charge in [0.05, 0.1) is 23.8 Å². The van der Waals surface area contributed by atoms with Crippen molar-refractivity contribution in [3.63, 3.8) is 0 Å². The van der Waals surface area contributed by atoms with Gasteiger partial charge < -0.3 is 10.4 Å². The van der Waals surface area contributed by atoms with Crippen LogP contribution >= 0.6 is 0 Å². The first-order valence-electron chi connectivity index (χ1n) is 6.14. The highest BCUT2D eigenvalue weighted by molar-refractivity contribution is 5.92. The molecule has 0 fully saturated rings. The normalized spacial score (nSPS) is 10.2. The van der Waals surface area contributed by atoms with Crippen molar-refractivity contribution in [2.45, 2.75) is 19.3 Å². The van der Waals surface area contributed by atoms with Gasteiger partial charge in [-0.1, -0.05) is 17.3 Å². The Morgan fingerprint density at radius 1 is 1.25 bits per heavy atom. The molecule has 2 N–H and O–H groups in total. The smallest absolute Gasteiger partial charge is 0.303 e. The Kier molecular flexibility index (Phi) is 4.43. The maximum absolute atomic E-state index is 11.8. The van der Waals surface area contributed by atoms with Crippen molar-refractivity contribution >= 4 is 17.6 Å². The third-order valence-corrected chi connectivity index (χ3v) is 2.64. The van der Waals surface area contributed by atoms with Crippen molar-refractivity contribution in [1.29, 1.82) is 0 Å². The molecule has 0 bridgehead atoms. The average molecular weight is 274 g/mol. The molecular formula is C13H14N4O3. The number of anilines is 1. The monoisotopic (exact) mass is 274 g/mol. The summed E-state index contributed by atoms with van der Waals surface area (Å²) in [6.45, 7) is 0. The molecule has 0 atom stereocenters. The van der Waals surface area contributed by atoms with Crippen molar-refractivity contribution < 1.29 is 14.7 Å². The van der Waals surface area contributed by atoms with Crippen LogP contribution in [0.15, 0.2) is 36.7 Å². The molecule has 0 saturated heterocycles. The summed E-state index contributed by atoms with van der Waals surface area (Å²) in [5, 5.41) is 18.9. The summed E-state index contributed by atoms with van der Waals surface area (Å²) < 4.78 is 1.55. The lowest BCUT2D eigenvalue weighted by Gasteiger charge is -2.10. The van der Waals surface area contributed by atoms with E-state index in [1.807, 2.05) is 12.1 Å². The van der Waals surface area contributed by atoms with Gasteiger partial charge in [0.2, 0.25) is 5.91 Å². The van der Waals surface area contributed by atoms with E-state index in [1.165, 1.54) is 0 Å². The predicted octanol–water partition coefficient (Wildman–Crippen LogP) is 1.46. The molecule has 0 aliphatic heterocycles. The molecule has 2 aromatic rings. The fourth-order valence-corrected chi connectivity index (χ4v) is 1.73. The molecule has 7 heteroatoms. The van der Waals surface area contributed by atoms with Crippen LogP contribution < -0.4 is 5.32 Å². The van der Waals surface area contributed by atoms with E-state index in [1.54, 1.807) is 29.2 Å². The molecular weight excluding hydrogens is 260 g/mol. The van der Waals surface area contributed by atoms with Gasteiger partial charge in [0, 0.05) is 12.8 Å². The molecule has 1 heterocycles. The van der Waals surface area contributed by atoms with Gasteiger partial charge in [0.15, 0.2) is 0 Å². The number of nitrogens with one attached hydrogen (secondary N) is 1. The number of carbonyl (C=O) groups excluding carboxylic acids is 1. The van der Waals surface area contributed by atoms with E-state index >= 15 is 0 Å². The minimum atomic E-state index is -0.902. The first-order valence-corrected chi connectivity index (χ1v) is 6.14. The van der Waals surface area contributed by atoms with Gasteiger partial charge in [-0.3, -0.25) is 9.59 Å². The first kappa shape index (κ1) is 13.7. The summed E-state index contributed by atoms with van der Waals surface area (Å²) in [6, 6.07) is 7.19. The molecule has 0 spiro atoms. The second-order valence-electron chi connectivity index (χ2n) is 4.16. The maximum atomic E-state index is 11.8. The lowest BCUT2D eigenvalue weighted by atomic mass is 10.2. The van der Waals surface area contributed by atoms with E-state index in [0.29, 0.717) is 17.8 Å². The largest absolute Gasteiger partial charge is 0.481 e. The number of nitrogens with zero attached hydrogens (tertiary/aromatic N) is 3. The highest BCUT2D eigenvalue weighted by Crippen LogP contribution is 2.19. The van der Waals surface area contributed by atoms with E-state index in [9.17, 15) is 9.59 Å². The lowest BCUT2D eigenvalue weighted by molar-refractivity contribution is -0.137. The third-order valence-electron chi connectivity index (χ3n) is 2.64. The zero-order chi connectivity index (χ0) is 14.4. The first-order chi connectivity index (χ1) is 9.66. The Hall–Kier alpha value is -2.70. The molecule has 0 aliphatic carbocycles. The quantitative estimate of drug-likeness (QED) is 0.831. The molecule has 0 unspecified atom stereocenters. The van der Waals surface area contributed by atoms with Crippen LogP contribution in [0, 0.1) is 0 Å². The average Bonchev–Trinajstić information content (AvgIpc) is 2.92. The van der Waals surface area contributed by atoms with Crippen molar-refractivity contribution in [3.05, 3.63) is 36.7 Å². The molecule has 2 rings (SSSR count). The van der Waals surface area contributed by atoms with Crippen molar-refractivity contribution in [2.24, 2.45) is 0 Å². The molecule has 0 aliphatic rings. The number of aliphatic carboxylic acids is 1. The summed E-state index contributed by atoms with van der Waals surface area (Å²) in [6.07, 6.45) is 3.68. The van der Waals surface area contributed by atoms with Crippen LogP contribution in [0.2, 0.25) is 0 Å². The van der Waals surface area contributed by atoms with Crippen LogP contribution in [0.5, 0.6) is 0 Å². The molecule has 104 valence electrons. The minimum Gasteiger partial charge on any atom is -0.481 e. The van der Waals surface area contributed by atoms with Gasteiger partial charge >= 0.3 is 5.97 Å². The second kappa shape index (κ2) is 6.46. The minimum absolute atomic E-state index is 0.0157. The van der Waals surface area contributed by atoms with E-state index in [4.69, 9.17) is 5.11 Å². The van der Waals surface area contributed by atoms with E-state index in [0.717, 1.165) is 0 Å². The second-order valence-corrected chi connectivity index (χ2v) is 4.16. The molecule has 0 saturated carbocycles. The van der Waals surface area contributed by atoms with E-state index in [-0.39, 0.29) is 18.7 Å². The number of rotatable bonds is 6. The summed E-state index contributed by atoms with van der Waals surface area (Å²) in [4.78, 5) is 22.2. The number of carboxylic acids is 1. The fraction of sp³-hybridized carbons (Fsp3) is 0.231. The van der Waals surface area contributed by atoms with E-state index in [2.05, 4.69) is 15.6 Å². The highest BCUT2D eigenvalue weighted by Gasteiger charge is 2.09. The number of hydrogen-bond donors (Lipinski definition) is 2. The standard InChI is InChI=1S/C13H14N4O3/c18-12(6-3-7-13(19)20)15-10-4-1-2-5-11(10)17-9-8-14-16-17/h1-2,4-5,8-9H,3,6-7H2,(H,15,18)(H,19,20). The fourth-order valence-electron chi connectivity index (χ4n) is 1.73. The SMILES string of the molecule is O=C(O)CCCC(=O)Nc1ccccc1-n1ccnn1. The van der Waals surface area contributed by atoms with Gasteiger partial charge in [0.1, 0.15) is 0 Å². The number of para-hydroxylation sites is 2. The van der Waals surface area contributed by atoms with Crippen molar-refractivity contribution in [1.82, 2.24) is 15.0 Å². The summed E-state index contributed by atoms with van der Waals surface area (Å²) >= 11 is 0. The highest BCUT2D eigenvalue weighted by atomic mass is 16.4. The molecule has 1 aromatic heterocycles. The topological polar surface area (TPSA) is 97.1 Å². The molecule has 7 nitrogen and oxygen atoms in total. The van der Waals surface area contributed by atoms with Crippen LogP contribution in [-0.4, -0.2) is 32.0 Å². The van der Waals surface area contributed by atoms with Crippen LogP contribution in [0.25, 0.3) is 5.69 Å². The number of aromatic nitrogens is 3. The Balaban J connectivity index is 2.03. The van der Waals surface area contributed by atoms with Gasteiger partial charge in [-0.25, -0.2) is 4.68 Å². The zero-order valence-electron chi connectivity index (χ0n) is 10.7. The summed E-state index contributed by atoms with van der Waals surface area (Å²) in [7, 11) is 0.